The van der Waals surface area contributed by atoms with Crippen molar-refractivity contribution in [1.29, 1.82) is 0 Å². The van der Waals surface area contributed by atoms with Crippen molar-refractivity contribution in [2.45, 2.75) is 20.4 Å². The summed E-state index contributed by atoms with van der Waals surface area (Å²) in [6, 6.07) is 3.59. The van der Waals surface area contributed by atoms with Gasteiger partial charge < -0.3 is 4.90 Å². The zero-order valence-electron chi connectivity index (χ0n) is 10.6. The molecule has 0 unspecified atom stereocenters. The van der Waals surface area contributed by atoms with Crippen molar-refractivity contribution in [2.75, 3.05) is 7.05 Å². The molecule has 2 rings (SSSR count). The van der Waals surface area contributed by atoms with E-state index in [9.17, 15) is 4.79 Å². The van der Waals surface area contributed by atoms with Gasteiger partial charge in [0.2, 0.25) is 0 Å². The van der Waals surface area contributed by atoms with Gasteiger partial charge in [-0.25, -0.2) is 4.98 Å². The predicted octanol–water partition coefficient (Wildman–Crippen LogP) is 1.09. The van der Waals surface area contributed by atoms with Gasteiger partial charge in [-0.15, -0.1) is 0 Å². The first-order valence-corrected chi connectivity index (χ1v) is 5.62. The van der Waals surface area contributed by atoms with Gasteiger partial charge in [0.1, 0.15) is 5.82 Å². The molecule has 0 aromatic carbocycles. The molecule has 0 saturated heterocycles. The van der Waals surface area contributed by atoms with Gasteiger partial charge in [0.15, 0.2) is 5.82 Å². The molecule has 2 heterocycles. The largest absolute Gasteiger partial charge is 0.334 e. The van der Waals surface area contributed by atoms with E-state index >= 15 is 0 Å². The Labute approximate surface area is 105 Å². The lowest BCUT2D eigenvalue weighted by molar-refractivity contribution is 0.0781. The van der Waals surface area contributed by atoms with E-state index in [1.54, 1.807) is 24.2 Å². The molecule has 6 nitrogen and oxygen atoms in total. The molecule has 2 aromatic heterocycles. The van der Waals surface area contributed by atoms with Gasteiger partial charge in [0.05, 0.1) is 12.1 Å². The maximum absolute atomic E-state index is 12.1. The number of aromatic amines is 1. The van der Waals surface area contributed by atoms with Crippen LogP contribution < -0.4 is 0 Å². The fraction of sp³-hybridized carbons (Fsp3) is 0.333. The van der Waals surface area contributed by atoms with Crippen LogP contribution in [-0.4, -0.2) is 38.0 Å². The number of nitrogens with zero attached hydrogens (tertiary/aromatic N) is 4. The normalized spacial score (nSPS) is 10.4. The molecular weight excluding hydrogens is 230 g/mol. The molecule has 18 heavy (non-hydrogen) atoms. The van der Waals surface area contributed by atoms with Gasteiger partial charge >= 0.3 is 0 Å². The molecular formula is C12H15N5O. The molecule has 1 N–H and O–H groups in total. The quantitative estimate of drug-likeness (QED) is 0.878. The Hall–Kier alpha value is -2.24. The second kappa shape index (κ2) is 4.95. The maximum atomic E-state index is 12.1. The van der Waals surface area contributed by atoms with E-state index in [0.717, 1.165) is 11.5 Å². The van der Waals surface area contributed by atoms with Crippen molar-refractivity contribution in [3.05, 3.63) is 41.2 Å². The number of amides is 1. The minimum atomic E-state index is -0.0926. The Bertz CT molecular complexity index is 546. The van der Waals surface area contributed by atoms with E-state index in [2.05, 4.69) is 20.2 Å². The standard InChI is InChI=1S/C12H15N5O/c1-8-4-5-10(6-13-8)12(18)17(3)7-11-14-9(2)15-16-11/h4-6H,7H2,1-3H3,(H,14,15,16). The zero-order chi connectivity index (χ0) is 13.1. The van der Waals surface area contributed by atoms with Crippen LogP contribution in [0.2, 0.25) is 0 Å². The van der Waals surface area contributed by atoms with Gasteiger partial charge in [0.25, 0.3) is 5.91 Å². The van der Waals surface area contributed by atoms with Crippen molar-refractivity contribution in [3.8, 4) is 0 Å². The molecule has 0 saturated carbocycles. The number of pyridine rings is 1. The number of aromatic nitrogens is 4. The number of carbonyl (C=O) groups excluding carboxylic acids is 1. The van der Waals surface area contributed by atoms with Crippen LogP contribution in [0.25, 0.3) is 0 Å². The number of rotatable bonds is 3. The van der Waals surface area contributed by atoms with Crippen molar-refractivity contribution in [3.63, 3.8) is 0 Å². The molecule has 0 fully saturated rings. The highest BCUT2D eigenvalue weighted by Gasteiger charge is 2.14. The third kappa shape index (κ3) is 2.71. The van der Waals surface area contributed by atoms with Crippen LogP contribution in [0.4, 0.5) is 0 Å². The summed E-state index contributed by atoms with van der Waals surface area (Å²) >= 11 is 0. The first-order valence-electron chi connectivity index (χ1n) is 5.62. The Kier molecular flexibility index (Phi) is 3.36. The van der Waals surface area contributed by atoms with Crippen LogP contribution in [-0.2, 0) is 6.54 Å². The third-order valence-electron chi connectivity index (χ3n) is 2.53. The van der Waals surface area contributed by atoms with Crippen molar-refractivity contribution >= 4 is 5.91 Å². The molecule has 0 aliphatic heterocycles. The van der Waals surface area contributed by atoms with Gasteiger partial charge in [-0.1, -0.05) is 0 Å². The predicted molar refractivity (Wildman–Crippen MR) is 65.9 cm³/mol. The molecule has 0 bridgehead atoms. The molecule has 0 radical (unpaired) electrons. The van der Waals surface area contributed by atoms with E-state index in [4.69, 9.17) is 0 Å². The average molecular weight is 245 g/mol. The maximum Gasteiger partial charge on any atom is 0.255 e. The van der Waals surface area contributed by atoms with E-state index in [-0.39, 0.29) is 5.91 Å². The lowest BCUT2D eigenvalue weighted by Gasteiger charge is -2.14. The SMILES string of the molecule is Cc1ccc(C(=O)N(C)Cc2n[nH]c(C)n2)cn1. The number of carbonyl (C=O) groups is 1. The first-order chi connectivity index (χ1) is 8.56. The highest BCUT2D eigenvalue weighted by Crippen LogP contribution is 2.05. The summed E-state index contributed by atoms with van der Waals surface area (Å²) < 4.78 is 0. The molecule has 1 amide bonds. The van der Waals surface area contributed by atoms with Crippen LogP contribution in [0.15, 0.2) is 18.3 Å². The number of nitrogens with one attached hydrogen (secondary N) is 1. The molecule has 0 spiro atoms. The van der Waals surface area contributed by atoms with Crippen molar-refractivity contribution < 1.29 is 4.79 Å². The van der Waals surface area contributed by atoms with E-state index in [1.807, 2.05) is 19.9 Å². The first kappa shape index (κ1) is 12.2. The zero-order valence-corrected chi connectivity index (χ0v) is 10.6. The Morgan fingerprint density at radius 2 is 2.17 bits per heavy atom. The molecule has 94 valence electrons. The second-order valence-electron chi connectivity index (χ2n) is 4.19. The topological polar surface area (TPSA) is 74.8 Å². The molecule has 0 aliphatic rings. The molecule has 2 aromatic rings. The highest BCUT2D eigenvalue weighted by molar-refractivity contribution is 5.93. The minimum absolute atomic E-state index is 0.0926. The van der Waals surface area contributed by atoms with Crippen LogP contribution in [0, 0.1) is 13.8 Å². The number of hydrogen-bond acceptors (Lipinski definition) is 4. The van der Waals surface area contributed by atoms with Crippen LogP contribution in [0.3, 0.4) is 0 Å². The Balaban J connectivity index is 2.07. The van der Waals surface area contributed by atoms with Gasteiger partial charge in [0, 0.05) is 18.9 Å². The van der Waals surface area contributed by atoms with Crippen molar-refractivity contribution in [2.24, 2.45) is 0 Å². The Morgan fingerprint density at radius 1 is 1.39 bits per heavy atom. The molecule has 0 atom stereocenters. The van der Waals surface area contributed by atoms with Gasteiger partial charge in [-0.3, -0.25) is 14.9 Å². The monoisotopic (exact) mass is 245 g/mol. The Morgan fingerprint density at radius 3 is 2.72 bits per heavy atom. The lowest BCUT2D eigenvalue weighted by Crippen LogP contribution is -2.26. The highest BCUT2D eigenvalue weighted by atomic mass is 16.2. The molecule has 0 aliphatic carbocycles. The van der Waals surface area contributed by atoms with E-state index in [0.29, 0.717) is 17.9 Å². The summed E-state index contributed by atoms with van der Waals surface area (Å²) in [5.41, 5.74) is 1.45. The number of hydrogen-bond donors (Lipinski definition) is 1. The smallest absolute Gasteiger partial charge is 0.255 e. The minimum Gasteiger partial charge on any atom is -0.334 e. The van der Waals surface area contributed by atoms with Crippen LogP contribution >= 0.6 is 0 Å². The summed E-state index contributed by atoms with van der Waals surface area (Å²) in [5, 5.41) is 6.75. The fourth-order valence-corrected chi connectivity index (χ4v) is 1.56. The third-order valence-corrected chi connectivity index (χ3v) is 2.53. The second-order valence-corrected chi connectivity index (χ2v) is 4.19. The molecule has 6 heteroatoms. The fourth-order valence-electron chi connectivity index (χ4n) is 1.56. The summed E-state index contributed by atoms with van der Waals surface area (Å²) in [6.07, 6.45) is 1.58. The van der Waals surface area contributed by atoms with Gasteiger partial charge in [-0.05, 0) is 26.0 Å². The van der Waals surface area contributed by atoms with Crippen molar-refractivity contribution in [1.82, 2.24) is 25.1 Å². The summed E-state index contributed by atoms with van der Waals surface area (Å²) in [7, 11) is 1.72. The van der Waals surface area contributed by atoms with Crippen LogP contribution in [0.1, 0.15) is 27.7 Å². The number of H-pyrrole nitrogens is 1. The average Bonchev–Trinajstić information content (AvgIpc) is 2.75. The van der Waals surface area contributed by atoms with Gasteiger partial charge in [-0.2, -0.15) is 5.10 Å². The summed E-state index contributed by atoms with van der Waals surface area (Å²) in [5.74, 6) is 1.25. The van der Waals surface area contributed by atoms with E-state index in [1.165, 1.54) is 0 Å². The summed E-state index contributed by atoms with van der Waals surface area (Å²) in [6.45, 7) is 4.08. The summed E-state index contributed by atoms with van der Waals surface area (Å²) in [4.78, 5) is 21.9. The van der Waals surface area contributed by atoms with Crippen LogP contribution in [0.5, 0.6) is 0 Å². The van der Waals surface area contributed by atoms with E-state index < -0.39 is 0 Å². The lowest BCUT2D eigenvalue weighted by atomic mass is 10.2. The number of aryl methyl sites for hydroxylation is 2.